The molecule has 0 spiro atoms. The number of nitrogens with one attached hydrogen (secondary N) is 1. The fourth-order valence-corrected chi connectivity index (χ4v) is 3.02. The van der Waals surface area contributed by atoms with Crippen LogP contribution in [-0.2, 0) is 6.42 Å². The second kappa shape index (κ2) is 7.21. The minimum absolute atomic E-state index is 0.0442. The van der Waals surface area contributed by atoms with Crippen molar-refractivity contribution >= 4 is 28.9 Å². The van der Waals surface area contributed by atoms with Crippen LogP contribution in [0.4, 0.5) is 11.4 Å². The molecule has 1 unspecified atom stereocenters. The molecule has 26 heavy (non-hydrogen) atoms. The van der Waals surface area contributed by atoms with E-state index in [0.29, 0.717) is 23.8 Å². The maximum atomic E-state index is 12.6. The molecule has 0 radical (unpaired) electrons. The topological polar surface area (TPSA) is 90.7 Å². The highest BCUT2D eigenvalue weighted by atomic mass is 35.5. The van der Waals surface area contributed by atoms with Gasteiger partial charge in [0, 0.05) is 29.1 Å². The molecule has 1 N–H and O–H groups in total. The predicted octanol–water partition coefficient (Wildman–Crippen LogP) is 4.22. The normalized spacial score (nSPS) is 15.1. The Labute approximate surface area is 155 Å². The molecule has 0 bridgehead atoms. The van der Waals surface area contributed by atoms with Crippen LogP contribution in [-0.4, -0.2) is 23.5 Å². The van der Waals surface area contributed by atoms with E-state index in [4.69, 9.17) is 21.1 Å². The first kappa shape index (κ1) is 18.0. The number of halogens is 1. The van der Waals surface area contributed by atoms with E-state index in [1.165, 1.54) is 12.1 Å². The number of nitro benzene ring substituents is 1. The Kier molecular flexibility index (Phi) is 4.99. The average molecular weight is 377 g/mol. The summed E-state index contributed by atoms with van der Waals surface area (Å²) in [6.07, 6.45) is 0.800. The number of benzene rings is 2. The molecule has 0 fully saturated rings. The Morgan fingerprint density at radius 2 is 2.19 bits per heavy atom. The largest absolute Gasteiger partial charge is 0.492 e. The standard InChI is InChI=1S/C18H17ClN2O5/c1-3-25-17-7-11-6-10(2)26-16(11)9-14(17)20-18(22)13-5-4-12(19)8-15(13)21(23)24/h4-5,7-10H,3,6H2,1-2H3,(H,20,22). The first-order valence-corrected chi connectivity index (χ1v) is 8.48. The van der Waals surface area contributed by atoms with Crippen molar-refractivity contribution < 1.29 is 19.2 Å². The first-order chi connectivity index (χ1) is 12.4. The molecular formula is C18H17ClN2O5. The van der Waals surface area contributed by atoms with Gasteiger partial charge in [-0.2, -0.15) is 0 Å². The highest BCUT2D eigenvalue weighted by Crippen LogP contribution is 2.38. The predicted molar refractivity (Wildman–Crippen MR) is 97.5 cm³/mol. The van der Waals surface area contributed by atoms with Crippen LogP contribution in [0.2, 0.25) is 5.02 Å². The molecule has 7 nitrogen and oxygen atoms in total. The van der Waals surface area contributed by atoms with Crippen LogP contribution in [0.3, 0.4) is 0 Å². The molecule has 3 rings (SSSR count). The van der Waals surface area contributed by atoms with Crippen LogP contribution >= 0.6 is 11.6 Å². The van der Waals surface area contributed by atoms with Crippen LogP contribution < -0.4 is 14.8 Å². The molecule has 0 saturated heterocycles. The summed E-state index contributed by atoms with van der Waals surface area (Å²) >= 11 is 5.80. The maximum Gasteiger partial charge on any atom is 0.283 e. The maximum absolute atomic E-state index is 12.6. The van der Waals surface area contributed by atoms with Gasteiger partial charge >= 0.3 is 0 Å². The molecule has 136 valence electrons. The molecule has 8 heteroatoms. The monoisotopic (exact) mass is 376 g/mol. The van der Waals surface area contributed by atoms with Crippen LogP contribution in [0, 0.1) is 10.1 Å². The lowest BCUT2D eigenvalue weighted by Gasteiger charge is -2.13. The molecular weight excluding hydrogens is 360 g/mol. The number of fused-ring (bicyclic) bond motifs is 1. The number of ether oxygens (including phenoxy) is 2. The number of amides is 1. The number of carbonyl (C=O) groups excluding carboxylic acids is 1. The molecule has 1 heterocycles. The van der Waals surface area contributed by atoms with Crippen LogP contribution in [0.5, 0.6) is 11.5 Å². The highest BCUT2D eigenvalue weighted by molar-refractivity contribution is 6.31. The zero-order chi connectivity index (χ0) is 18.8. The van der Waals surface area contributed by atoms with Crippen LogP contribution in [0.25, 0.3) is 0 Å². The zero-order valence-corrected chi connectivity index (χ0v) is 15.0. The van der Waals surface area contributed by atoms with Gasteiger partial charge in [-0.05, 0) is 32.0 Å². The number of carbonyl (C=O) groups is 1. The second-order valence-electron chi connectivity index (χ2n) is 5.89. The molecule has 1 atom stereocenters. The third-order valence-electron chi connectivity index (χ3n) is 3.95. The molecule has 1 aliphatic rings. The minimum Gasteiger partial charge on any atom is -0.492 e. The number of nitro groups is 1. The molecule has 2 aromatic carbocycles. The quantitative estimate of drug-likeness (QED) is 0.623. The van der Waals surface area contributed by atoms with Gasteiger partial charge < -0.3 is 14.8 Å². The van der Waals surface area contributed by atoms with Gasteiger partial charge in [-0.15, -0.1) is 0 Å². The summed E-state index contributed by atoms with van der Waals surface area (Å²) in [5.41, 5.74) is 0.945. The van der Waals surface area contributed by atoms with E-state index >= 15 is 0 Å². The summed E-state index contributed by atoms with van der Waals surface area (Å²) in [6, 6.07) is 7.41. The fourth-order valence-electron chi connectivity index (χ4n) is 2.85. The Balaban J connectivity index is 1.95. The summed E-state index contributed by atoms with van der Waals surface area (Å²) < 4.78 is 11.3. The van der Waals surface area contributed by atoms with Crippen molar-refractivity contribution in [2.24, 2.45) is 0 Å². The number of nitrogens with zero attached hydrogens (tertiary/aromatic N) is 1. The Hall–Kier alpha value is -2.80. The lowest BCUT2D eigenvalue weighted by Crippen LogP contribution is -2.15. The lowest BCUT2D eigenvalue weighted by atomic mass is 10.1. The van der Waals surface area contributed by atoms with E-state index in [9.17, 15) is 14.9 Å². The van der Waals surface area contributed by atoms with E-state index in [-0.39, 0.29) is 22.4 Å². The number of hydrogen-bond donors (Lipinski definition) is 1. The zero-order valence-electron chi connectivity index (χ0n) is 14.2. The lowest BCUT2D eigenvalue weighted by molar-refractivity contribution is -0.385. The van der Waals surface area contributed by atoms with Crippen molar-refractivity contribution in [1.82, 2.24) is 0 Å². The van der Waals surface area contributed by atoms with Crippen molar-refractivity contribution in [2.45, 2.75) is 26.4 Å². The van der Waals surface area contributed by atoms with Crippen molar-refractivity contribution in [2.75, 3.05) is 11.9 Å². The average Bonchev–Trinajstić information content (AvgIpc) is 2.94. The van der Waals surface area contributed by atoms with Gasteiger partial charge in [0.05, 0.1) is 17.2 Å². The van der Waals surface area contributed by atoms with E-state index in [1.807, 2.05) is 19.9 Å². The molecule has 2 aromatic rings. The summed E-state index contributed by atoms with van der Waals surface area (Å²) in [4.78, 5) is 23.2. The summed E-state index contributed by atoms with van der Waals surface area (Å²) in [7, 11) is 0. The van der Waals surface area contributed by atoms with Gasteiger partial charge in [0.2, 0.25) is 0 Å². The highest BCUT2D eigenvalue weighted by Gasteiger charge is 2.25. The molecule has 0 aromatic heterocycles. The molecule has 0 saturated carbocycles. The third kappa shape index (κ3) is 3.57. The first-order valence-electron chi connectivity index (χ1n) is 8.10. The van der Waals surface area contributed by atoms with Crippen molar-refractivity contribution in [3.05, 3.63) is 56.6 Å². The van der Waals surface area contributed by atoms with Gasteiger partial charge in [-0.3, -0.25) is 14.9 Å². The molecule has 0 aliphatic carbocycles. The smallest absolute Gasteiger partial charge is 0.283 e. The number of rotatable bonds is 5. The van der Waals surface area contributed by atoms with E-state index < -0.39 is 10.8 Å². The molecule has 1 aliphatic heterocycles. The second-order valence-corrected chi connectivity index (χ2v) is 6.33. The summed E-state index contributed by atoms with van der Waals surface area (Å²) in [5.74, 6) is 0.538. The van der Waals surface area contributed by atoms with E-state index in [1.54, 1.807) is 6.07 Å². The van der Waals surface area contributed by atoms with Crippen molar-refractivity contribution in [3.8, 4) is 11.5 Å². The van der Waals surface area contributed by atoms with Gasteiger partial charge in [0.25, 0.3) is 11.6 Å². The summed E-state index contributed by atoms with van der Waals surface area (Å²) in [5, 5.41) is 14.1. The van der Waals surface area contributed by atoms with Gasteiger partial charge in [0.15, 0.2) is 0 Å². The van der Waals surface area contributed by atoms with E-state index in [2.05, 4.69) is 5.32 Å². The Morgan fingerprint density at radius 1 is 1.42 bits per heavy atom. The van der Waals surface area contributed by atoms with Gasteiger partial charge in [-0.1, -0.05) is 11.6 Å². The van der Waals surface area contributed by atoms with Gasteiger partial charge in [0.1, 0.15) is 23.2 Å². The number of hydrogen-bond acceptors (Lipinski definition) is 5. The minimum atomic E-state index is -0.641. The third-order valence-corrected chi connectivity index (χ3v) is 4.18. The van der Waals surface area contributed by atoms with Crippen molar-refractivity contribution in [3.63, 3.8) is 0 Å². The number of anilines is 1. The van der Waals surface area contributed by atoms with Gasteiger partial charge in [-0.25, -0.2) is 0 Å². The Morgan fingerprint density at radius 3 is 2.88 bits per heavy atom. The fraction of sp³-hybridized carbons (Fsp3) is 0.278. The van der Waals surface area contributed by atoms with Crippen LogP contribution in [0.1, 0.15) is 29.8 Å². The molecule has 1 amide bonds. The Bertz CT molecular complexity index is 884. The van der Waals surface area contributed by atoms with E-state index in [0.717, 1.165) is 18.1 Å². The van der Waals surface area contributed by atoms with Crippen LogP contribution in [0.15, 0.2) is 30.3 Å². The van der Waals surface area contributed by atoms with Crippen molar-refractivity contribution in [1.29, 1.82) is 0 Å². The SMILES string of the molecule is CCOc1cc2c(cc1NC(=O)c1ccc(Cl)cc1[N+](=O)[O-])OC(C)C2. The summed E-state index contributed by atoms with van der Waals surface area (Å²) in [6.45, 7) is 4.21.